The Morgan fingerprint density at radius 3 is 2.62 bits per heavy atom. The Morgan fingerprint density at radius 2 is 1.86 bits per heavy atom. The lowest BCUT2D eigenvalue weighted by Gasteiger charge is -2.36. The van der Waals surface area contributed by atoms with Crippen LogP contribution in [0.15, 0.2) is 0 Å². The highest BCUT2D eigenvalue weighted by molar-refractivity contribution is 4.90. The minimum absolute atomic E-state index is 0.462. The molecular weight excluding hydrogens is 258 g/mol. The molecule has 3 rings (SSSR count). The molecule has 0 aromatic heterocycles. The van der Waals surface area contributed by atoms with E-state index in [4.69, 9.17) is 5.73 Å². The molecule has 3 nitrogen and oxygen atoms in total. The molecule has 0 spiro atoms. The van der Waals surface area contributed by atoms with Gasteiger partial charge in [-0.15, -0.1) is 0 Å². The Balaban J connectivity index is 1.47. The van der Waals surface area contributed by atoms with Gasteiger partial charge < -0.3 is 10.6 Å². The molecule has 4 unspecified atom stereocenters. The summed E-state index contributed by atoms with van der Waals surface area (Å²) < 4.78 is 0. The summed E-state index contributed by atoms with van der Waals surface area (Å²) in [5.74, 6) is 1.71. The monoisotopic (exact) mass is 293 g/mol. The molecule has 4 atom stereocenters. The third kappa shape index (κ3) is 4.00. The fourth-order valence-corrected chi connectivity index (χ4v) is 4.98. The minimum Gasteiger partial charge on any atom is -0.327 e. The van der Waals surface area contributed by atoms with Crippen molar-refractivity contribution in [3.8, 4) is 0 Å². The van der Waals surface area contributed by atoms with Crippen molar-refractivity contribution < 1.29 is 0 Å². The standard InChI is InChI=1S/C18H35N3/c1-2-5-15-6-7-18(19)16(12-15)13-20-11-8-17(14-20)21-9-3-4-10-21/h15-18H,2-14,19H2,1H3. The third-order valence-electron chi connectivity index (χ3n) is 6.24. The van der Waals surface area contributed by atoms with Gasteiger partial charge >= 0.3 is 0 Å². The van der Waals surface area contributed by atoms with E-state index in [0.717, 1.165) is 17.9 Å². The van der Waals surface area contributed by atoms with E-state index in [1.807, 2.05) is 0 Å². The molecule has 2 heterocycles. The Hall–Kier alpha value is -0.120. The van der Waals surface area contributed by atoms with Crippen LogP contribution in [-0.2, 0) is 0 Å². The van der Waals surface area contributed by atoms with Crippen LogP contribution < -0.4 is 5.73 Å². The van der Waals surface area contributed by atoms with Crippen molar-refractivity contribution >= 4 is 0 Å². The van der Waals surface area contributed by atoms with Crippen molar-refractivity contribution in [3.05, 3.63) is 0 Å². The third-order valence-corrected chi connectivity index (χ3v) is 6.24. The summed E-state index contributed by atoms with van der Waals surface area (Å²) in [5.41, 5.74) is 6.44. The molecule has 3 heteroatoms. The molecule has 21 heavy (non-hydrogen) atoms. The van der Waals surface area contributed by atoms with E-state index in [9.17, 15) is 0 Å². The van der Waals surface area contributed by atoms with Gasteiger partial charge in [-0.25, -0.2) is 0 Å². The Bertz CT molecular complexity index is 314. The van der Waals surface area contributed by atoms with Gasteiger partial charge in [0.05, 0.1) is 0 Å². The molecule has 2 N–H and O–H groups in total. The topological polar surface area (TPSA) is 32.5 Å². The van der Waals surface area contributed by atoms with Crippen LogP contribution in [0.25, 0.3) is 0 Å². The zero-order valence-corrected chi connectivity index (χ0v) is 14.0. The van der Waals surface area contributed by atoms with Crippen LogP contribution >= 0.6 is 0 Å². The maximum absolute atomic E-state index is 6.44. The molecule has 0 bridgehead atoms. The lowest BCUT2D eigenvalue weighted by Crippen LogP contribution is -2.43. The van der Waals surface area contributed by atoms with E-state index in [0.29, 0.717) is 6.04 Å². The second kappa shape index (κ2) is 7.43. The molecule has 1 aliphatic carbocycles. The van der Waals surface area contributed by atoms with Crippen molar-refractivity contribution in [1.29, 1.82) is 0 Å². The predicted octanol–water partition coefficient (Wildman–Crippen LogP) is 2.70. The summed E-state index contributed by atoms with van der Waals surface area (Å²) in [7, 11) is 0. The summed E-state index contributed by atoms with van der Waals surface area (Å²) >= 11 is 0. The van der Waals surface area contributed by atoms with Crippen LogP contribution in [0.4, 0.5) is 0 Å². The Morgan fingerprint density at radius 1 is 1.05 bits per heavy atom. The number of nitrogens with two attached hydrogens (primary N) is 1. The zero-order chi connectivity index (χ0) is 14.7. The molecule has 0 amide bonds. The number of hydrogen-bond donors (Lipinski definition) is 1. The van der Waals surface area contributed by atoms with Gasteiger partial charge in [-0.1, -0.05) is 19.8 Å². The van der Waals surface area contributed by atoms with Crippen molar-refractivity contribution in [2.45, 2.75) is 70.4 Å². The van der Waals surface area contributed by atoms with Gasteiger partial charge in [0.2, 0.25) is 0 Å². The van der Waals surface area contributed by atoms with Crippen LogP contribution in [0, 0.1) is 11.8 Å². The summed E-state index contributed by atoms with van der Waals surface area (Å²) in [6, 6.07) is 1.31. The van der Waals surface area contributed by atoms with Crippen LogP contribution in [0.5, 0.6) is 0 Å². The first-order chi connectivity index (χ1) is 10.3. The van der Waals surface area contributed by atoms with Gasteiger partial charge in [-0.2, -0.15) is 0 Å². The number of nitrogens with zero attached hydrogens (tertiary/aromatic N) is 2. The Labute approximate surface area is 131 Å². The average Bonchev–Trinajstić information content (AvgIpc) is 3.13. The van der Waals surface area contributed by atoms with Crippen molar-refractivity contribution in [2.75, 3.05) is 32.7 Å². The highest BCUT2D eigenvalue weighted by Crippen LogP contribution is 2.32. The van der Waals surface area contributed by atoms with Crippen molar-refractivity contribution in [1.82, 2.24) is 9.80 Å². The van der Waals surface area contributed by atoms with Gasteiger partial charge in [-0.05, 0) is 70.0 Å². The fourth-order valence-electron chi connectivity index (χ4n) is 4.98. The summed E-state index contributed by atoms with van der Waals surface area (Å²) in [5, 5.41) is 0. The normalized spacial score (nSPS) is 39.1. The molecule has 3 fully saturated rings. The quantitative estimate of drug-likeness (QED) is 0.846. The molecule has 0 radical (unpaired) electrons. The molecule has 0 aromatic rings. The smallest absolute Gasteiger partial charge is 0.0235 e. The second-order valence-corrected chi connectivity index (χ2v) is 7.84. The van der Waals surface area contributed by atoms with Crippen LogP contribution in [-0.4, -0.2) is 54.6 Å². The molecule has 1 saturated carbocycles. The lowest BCUT2D eigenvalue weighted by molar-refractivity contribution is 0.159. The number of rotatable bonds is 5. The van der Waals surface area contributed by atoms with Gasteiger partial charge in [0, 0.05) is 25.2 Å². The maximum atomic E-state index is 6.44. The first-order valence-corrected chi connectivity index (χ1v) is 9.48. The summed E-state index contributed by atoms with van der Waals surface area (Å²) in [6.45, 7) is 8.90. The Kier molecular flexibility index (Phi) is 5.58. The van der Waals surface area contributed by atoms with E-state index >= 15 is 0 Å². The molecule has 2 aliphatic heterocycles. The van der Waals surface area contributed by atoms with Crippen molar-refractivity contribution in [3.63, 3.8) is 0 Å². The predicted molar refractivity (Wildman–Crippen MR) is 89.4 cm³/mol. The average molecular weight is 293 g/mol. The van der Waals surface area contributed by atoms with Gasteiger partial charge in [0.1, 0.15) is 0 Å². The molecule has 122 valence electrons. The lowest BCUT2D eigenvalue weighted by atomic mass is 9.76. The highest BCUT2D eigenvalue weighted by atomic mass is 15.3. The first kappa shape index (κ1) is 15.8. The summed E-state index contributed by atoms with van der Waals surface area (Å²) in [4.78, 5) is 5.46. The van der Waals surface area contributed by atoms with E-state index in [2.05, 4.69) is 16.7 Å². The SMILES string of the molecule is CCCC1CCC(N)C(CN2CCC(N3CCCC3)C2)C1. The van der Waals surface area contributed by atoms with E-state index in [-0.39, 0.29) is 0 Å². The zero-order valence-electron chi connectivity index (χ0n) is 14.0. The maximum Gasteiger partial charge on any atom is 0.0235 e. The molecular formula is C18H35N3. The number of likely N-dealkylation sites (tertiary alicyclic amines) is 2. The van der Waals surface area contributed by atoms with Gasteiger partial charge in [0.25, 0.3) is 0 Å². The summed E-state index contributed by atoms with van der Waals surface area (Å²) in [6.07, 6.45) is 11.0. The van der Waals surface area contributed by atoms with E-state index in [1.54, 1.807) is 0 Å². The van der Waals surface area contributed by atoms with Gasteiger partial charge in [0.15, 0.2) is 0 Å². The first-order valence-electron chi connectivity index (χ1n) is 9.48. The minimum atomic E-state index is 0.462. The van der Waals surface area contributed by atoms with E-state index in [1.165, 1.54) is 84.1 Å². The fraction of sp³-hybridized carbons (Fsp3) is 1.00. The molecule has 2 saturated heterocycles. The van der Waals surface area contributed by atoms with Crippen LogP contribution in [0.2, 0.25) is 0 Å². The van der Waals surface area contributed by atoms with Crippen LogP contribution in [0.3, 0.4) is 0 Å². The molecule has 3 aliphatic rings. The van der Waals surface area contributed by atoms with Crippen LogP contribution in [0.1, 0.15) is 58.3 Å². The number of hydrogen-bond acceptors (Lipinski definition) is 3. The van der Waals surface area contributed by atoms with E-state index < -0.39 is 0 Å². The van der Waals surface area contributed by atoms with Crippen molar-refractivity contribution in [2.24, 2.45) is 17.6 Å². The second-order valence-electron chi connectivity index (χ2n) is 7.84. The van der Waals surface area contributed by atoms with Gasteiger partial charge in [-0.3, -0.25) is 4.90 Å². The largest absolute Gasteiger partial charge is 0.327 e. The molecule has 0 aromatic carbocycles. The highest BCUT2D eigenvalue weighted by Gasteiger charge is 2.33.